The van der Waals surface area contributed by atoms with Gasteiger partial charge in [-0.05, 0) is 42.3 Å². The van der Waals surface area contributed by atoms with Crippen LogP contribution >= 0.6 is 0 Å². The van der Waals surface area contributed by atoms with Crippen LogP contribution in [0.5, 0.6) is 0 Å². The predicted molar refractivity (Wildman–Crippen MR) is 120 cm³/mol. The zero-order valence-electron chi connectivity index (χ0n) is 17.3. The van der Waals surface area contributed by atoms with Crippen molar-refractivity contribution in [1.82, 2.24) is 24.7 Å². The molecule has 7 heteroatoms. The summed E-state index contributed by atoms with van der Waals surface area (Å²) in [6.07, 6.45) is 3.80. The first kappa shape index (κ1) is 17.7. The lowest BCUT2D eigenvalue weighted by Gasteiger charge is -2.57. The fraction of sp³-hybridized carbons (Fsp3) is 0.348. The Hall–Kier alpha value is -3.19. The fourth-order valence-electron chi connectivity index (χ4n) is 4.62. The highest BCUT2D eigenvalue weighted by molar-refractivity contribution is 5.80. The summed E-state index contributed by atoms with van der Waals surface area (Å²) in [5.41, 5.74) is 4.99. The number of aromatic nitrogens is 4. The van der Waals surface area contributed by atoms with Crippen LogP contribution < -0.4 is 15.5 Å². The number of hydrogen-bond acceptors (Lipinski definition) is 6. The van der Waals surface area contributed by atoms with Crippen molar-refractivity contribution in [3.63, 3.8) is 0 Å². The van der Waals surface area contributed by atoms with E-state index in [1.54, 1.807) is 0 Å². The Labute approximate surface area is 175 Å². The van der Waals surface area contributed by atoms with E-state index in [2.05, 4.69) is 74.1 Å². The molecule has 2 fully saturated rings. The molecule has 2 N–H and O–H groups in total. The van der Waals surface area contributed by atoms with Crippen LogP contribution in [0.1, 0.15) is 25.5 Å². The number of nitrogens with one attached hydrogen (secondary N) is 2. The molecule has 4 aromatic rings. The quantitative estimate of drug-likeness (QED) is 0.547. The molecule has 2 saturated heterocycles. The van der Waals surface area contributed by atoms with Crippen LogP contribution in [-0.4, -0.2) is 45.5 Å². The molecular weight excluding hydrogens is 374 g/mol. The lowest BCUT2D eigenvalue weighted by molar-refractivity contribution is 0.121. The van der Waals surface area contributed by atoms with E-state index in [9.17, 15) is 0 Å². The van der Waals surface area contributed by atoms with E-state index in [0.717, 1.165) is 48.5 Å². The minimum Gasteiger partial charge on any atom is -0.369 e. The average molecular weight is 400 g/mol. The summed E-state index contributed by atoms with van der Waals surface area (Å²) < 4.78 is 2.22. The van der Waals surface area contributed by atoms with Crippen molar-refractivity contribution in [2.24, 2.45) is 5.41 Å². The molecule has 2 aliphatic heterocycles. The van der Waals surface area contributed by atoms with Crippen molar-refractivity contribution in [2.75, 3.05) is 36.4 Å². The highest BCUT2D eigenvalue weighted by Gasteiger charge is 2.47. The first-order valence-electron chi connectivity index (χ1n) is 10.6. The number of rotatable bonds is 4. The van der Waals surface area contributed by atoms with E-state index in [4.69, 9.17) is 4.98 Å². The molecular formula is C23H25N7. The second kappa shape index (κ2) is 6.40. The number of anilines is 3. The molecule has 1 spiro atoms. The summed E-state index contributed by atoms with van der Waals surface area (Å²) >= 11 is 0. The van der Waals surface area contributed by atoms with E-state index in [1.165, 1.54) is 11.4 Å². The largest absolute Gasteiger partial charge is 0.369 e. The molecule has 0 bridgehead atoms. The normalized spacial score (nSPS) is 17.5. The second-order valence-electron chi connectivity index (χ2n) is 8.97. The molecule has 30 heavy (non-hydrogen) atoms. The maximum Gasteiger partial charge on any atom is 0.230 e. The molecule has 6 heterocycles. The zero-order valence-corrected chi connectivity index (χ0v) is 17.3. The Morgan fingerprint density at radius 1 is 1.00 bits per heavy atom. The molecule has 152 valence electrons. The van der Waals surface area contributed by atoms with Crippen molar-refractivity contribution >= 4 is 34.0 Å². The van der Waals surface area contributed by atoms with Crippen molar-refractivity contribution in [1.29, 1.82) is 0 Å². The van der Waals surface area contributed by atoms with Crippen LogP contribution in [0.4, 0.5) is 17.5 Å². The topological polar surface area (TPSA) is 70.4 Å². The first-order valence-corrected chi connectivity index (χ1v) is 10.6. The molecule has 0 amide bonds. The average Bonchev–Trinajstić information content (AvgIpc) is 3.12. The Balaban J connectivity index is 1.27. The lowest BCUT2D eigenvalue weighted by Crippen LogP contribution is -2.71. The summed E-state index contributed by atoms with van der Waals surface area (Å²) in [5, 5.41) is 7.66. The Morgan fingerprint density at radius 2 is 1.83 bits per heavy atom. The molecule has 0 atom stereocenters. The third kappa shape index (κ3) is 2.73. The summed E-state index contributed by atoms with van der Waals surface area (Å²) in [5.74, 6) is 1.72. The van der Waals surface area contributed by atoms with Crippen LogP contribution in [0.3, 0.4) is 0 Å². The summed E-state index contributed by atoms with van der Waals surface area (Å²) in [4.78, 5) is 16.3. The van der Waals surface area contributed by atoms with Crippen LogP contribution in [0.15, 0.2) is 48.8 Å². The van der Waals surface area contributed by atoms with E-state index in [-0.39, 0.29) is 0 Å². The van der Waals surface area contributed by atoms with Gasteiger partial charge in [0.1, 0.15) is 11.5 Å². The minimum absolute atomic E-state index is 0.412. The third-order valence-corrected chi connectivity index (χ3v) is 6.38. The molecule has 6 rings (SSSR count). The predicted octanol–water partition coefficient (Wildman–Crippen LogP) is 3.55. The number of fused-ring (bicyclic) bond motifs is 3. The van der Waals surface area contributed by atoms with Crippen molar-refractivity contribution in [3.05, 3.63) is 54.5 Å². The van der Waals surface area contributed by atoms with E-state index in [0.29, 0.717) is 17.3 Å². The van der Waals surface area contributed by atoms with Gasteiger partial charge in [0.15, 0.2) is 0 Å². The molecule has 0 radical (unpaired) electrons. The Morgan fingerprint density at radius 3 is 2.53 bits per heavy atom. The van der Waals surface area contributed by atoms with Crippen molar-refractivity contribution in [2.45, 2.75) is 19.8 Å². The summed E-state index contributed by atoms with van der Waals surface area (Å²) in [7, 11) is 0. The van der Waals surface area contributed by atoms with Crippen molar-refractivity contribution < 1.29 is 0 Å². The monoisotopic (exact) mass is 399 g/mol. The Kier molecular flexibility index (Phi) is 3.77. The lowest BCUT2D eigenvalue weighted by atomic mass is 9.74. The van der Waals surface area contributed by atoms with E-state index >= 15 is 0 Å². The standard InChI is InChI=1S/C23H25N7/c1-15(2)19-7-5-17-4-3-16-9-26-22(28-21(16)30(17)19)27-20-8-6-18(10-25-20)29-13-23(14-29)11-24-12-23/h3-10,15,24H,11-14H2,1-2H3,(H,25,26,27,28). The number of pyridine rings is 2. The number of nitrogens with zero attached hydrogens (tertiary/aromatic N) is 5. The van der Waals surface area contributed by atoms with Gasteiger partial charge in [-0.25, -0.2) is 9.97 Å². The molecule has 0 aromatic carbocycles. The fourth-order valence-corrected chi connectivity index (χ4v) is 4.62. The van der Waals surface area contributed by atoms with Gasteiger partial charge in [-0.2, -0.15) is 4.98 Å². The SMILES string of the molecule is CC(C)c1ccc2ccc3cnc(Nc4ccc(N5CC6(CNC6)C5)cn4)nc3n12. The van der Waals surface area contributed by atoms with Gasteiger partial charge in [0.05, 0.1) is 11.9 Å². The minimum atomic E-state index is 0.412. The van der Waals surface area contributed by atoms with Crippen LogP contribution in [0.2, 0.25) is 0 Å². The highest BCUT2D eigenvalue weighted by Crippen LogP contribution is 2.37. The molecule has 4 aromatic heterocycles. The maximum atomic E-state index is 4.82. The third-order valence-electron chi connectivity index (χ3n) is 6.38. The zero-order chi connectivity index (χ0) is 20.3. The van der Waals surface area contributed by atoms with Gasteiger partial charge in [-0.3, -0.25) is 4.40 Å². The first-order chi connectivity index (χ1) is 14.6. The van der Waals surface area contributed by atoms with Gasteiger partial charge < -0.3 is 15.5 Å². The second-order valence-corrected chi connectivity index (χ2v) is 8.97. The van der Waals surface area contributed by atoms with Gasteiger partial charge >= 0.3 is 0 Å². The molecule has 0 aliphatic carbocycles. The van der Waals surface area contributed by atoms with E-state index in [1.807, 2.05) is 18.5 Å². The van der Waals surface area contributed by atoms with Crippen LogP contribution in [-0.2, 0) is 0 Å². The van der Waals surface area contributed by atoms with Gasteiger partial charge in [-0.1, -0.05) is 13.8 Å². The highest BCUT2D eigenvalue weighted by atomic mass is 15.3. The van der Waals surface area contributed by atoms with E-state index < -0.39 is 0 Å². The summed E-state index contributed by atoms with van der Waals surface area (Å²) in [6, 6.07) is 12.6. The van der Waals surface area contributed by atoms with Crippen LogP contribution in [0.25, 0.3) is 16.6 Å². The molecule has 7 nitrogen and oxygen atoms in total. The maximum absolute atomic E-state index is 4.82. The molecule has 2 aliphatic rings. The van der Waals surface area contributed by atoms with Crippen molar-refractivity contribution in [3.8, 4) is 0 Å². The summed E-state index contributed by atoms with van der Waals surface area (Å²) in [6.45, 7) is 8.93. The van der Waals surface area contributed by atoms with Gasteiger partial charge in [0.25, 0.3) is 0 Å². The van der Waals surface area contributed by atoms with Gasteiger partial charge in [-0.15, -0.1) is 0 Å². The number of hydrogen-bond donors (Lipinski definition) is 2. The van der Waals surface area contributed by atoms with Crippen LogP contribution in [0, 0.1) is 5.41 Å². The Bertz CT molecular complexity index is 1230. The molecule has 0 unspecified atom stereocenters. The van der Waals surface area contributed by atoms with Gasteiger partial charge in [0.2, 0.25) is 5.95 Å². The van der Waals surface area contributed by atoms with Gasteiger partial charge in [0, 0.05) is 54.4 Å². The molecule has 0 saturated carbocycles. The smallest absolute Gasteiger partial charge is 0.230 e.